The van der Waals surface area contributed by atoms with Crippen molar-refractivity contribution in [3.63, 3.8) is 0 Å². The Bertz CT molecular complexity index is 1510. The van der Waals surface area contributed by atoms with Gasteiger partial charge in [-0.25, -0.2) is 9.97 Å². The molecule has 1 aromatic carbocycles. The van der Waals surface area contributed by atoms with Crippen molar-refractivity contribution in [2.75, 3.05) is 10.6 Å². The number of carbonyl (C=O) groups excluding carboxylic acids is 2. The Morgan fingerprint density at radius 1 is 0.949 bits per heavy atom. The highest BCUT2D eigenvalue weighted by molar-refractivity contribution is 7.98. The van der Waals surface area contributed by atoms with Crippen molar-refractivity contribution in [3.8, 4) is 5.75 Å². The van der Waals surface area contributed by atoms with Crippen molar-refractivity contribution in [1.82, 2.24) is 14.5 Å². The molecule has 4 aromatic rings. The van der Waals surface area contributed by atoms with Crippen LogP contribution in [0.3, 0.4) is 0 Å². The molecule has 0 bridgehead atoms. The molecule has 0 saturated heterocycles. The molecule has 3 heterocycles. The SMILES string of the molecule is O=C(Cn1ccc(=O)cc1)Nc1cc(CSc2ncccc2C(=O)Nc2ccc(OC(F)(F)F)cc2)ccn1. The Hall–Kier alpha value is -4.65. The number of anilines is 2. The number of nitrogens with one attached hydrogen (secondary N) is 2. The smallest absolute Gasteiger partial charge is 0.406 e. The second-order valence-electron chi connectivity index (χ2n) is 7.97. The van der Waals surface area contributed by atoms with Gasteiger partial charge < -0.3 is 19.9 Å². The maximum absolute atomic E-state index is 12.9. The zero-order valence-corrected chi connectivity index (χ0v) is 20.8. The molecule has 13 heteroatoms. The van der Waals surface area contributed by atoms with Crippen molar-refractivity contribution in [2.45, 2.75) is 23.7 Å². The predicted octanol–water partition coefficient (Wildman–Crippen LogP) is 4.72. The monoisotopic (exact) mass is 555 g/mol. The van der Waals surface area contributed by atoms with Gasteiger partial charge in [0.05, 0.1) is 5.56 Å². The third-order valence-electron chi connectivity index (χ3n) is 5.02. The molecule has 2 amide bonds. The summed E-state index contributed by atoms with van der Waals surface area (Å²) in [6, 6.07) is 14.2. The summed E-state index contributed by atoms with van der Waals surface area (Å²) in [5, 5.41) is 5.78. The Labute approximate surface area is 224 Å². The average Bonchev–Trinajstić information content (AvgIpc) is 2.89. The van der Waals surface area contributed by atoms with E-state index in [0.717, 1.165) is 17.7 Å². The fraction of sp³-hybridized carbons (Fsp3) is 0.115. The first-order valence-corrected chi connectivity index (χ1v) is 12.3. The van der Waals surface area contributed by atoms with E-state index >= 15 is 0 Å². The number of carbonyl (C=O) groups is 2. The van der Waals surface area contributed by atoms with Gasteiger partial charge >= 0.3 is 6.36 Å². The van der Waals surface area contributed by atoms with Crippen molar-refractivity contribution < 1.29 is 27.5 Å². The number of benzene rings is 1. The summed E-state index contributed by atoms with van der Waals surface area (Å²) in [6.07, 6.45) is 1.31. The van der Waals surface area contributed by atoms with E-state index in [9.17, 15) is 27.6 Å². The number of halogens is 3. The van der Waals surface area contributed by atoms with E-state index in [1.54, 1.807) is 35.0 Å². The van der Waals surface area contributed by atoms with Crippen LogP contribution in [0, 0.1) is 0 Å². The molecule has 0 atom stereocenters. The van der Waals surface area contributed by atoms with Crippen molar-refractivity contribution in [3.05, 3.63) is 107 Å². The van der Waals surface area contributed by atoms with Gasteiger partial charge in [0.1, 0.15) is 23.1 Å². The number of hydrogen-bond acceptors (Lipinski definition) is 7. The number of nitrogens with zero attached hydrogens (tertiary/aromatic N) is 3. The summed E-state index contributed by atoms with van der Waals surface area (Å²) in [5.41, 5.74) is 1.22. The normalized spacial score (nSPS) is 11.1. The Balaban J connectivity index is 1.36. The minimum absolute atomic E-state index is 0.00538. The summed E-state index contributed by atoms with van der Waals surface area (Å²) < 4.78 is 42.4. The van der Waals surface area contributed by atoms with E-state index in [1.807, 2.05) is 0 Å². The van der Waals surface area contributed by atoms with Crippen LogP contribution in [0.15, 0.2) is 95.3 Å². The van der Waals surface area contributed by atoms with Crippen LogP contribution in [0.5, 0.6) is 5.75 Å². The summed E-state index contributed by atoms with van der Waals surface area (Å²) in [7, 11) is 0. The summed E-state index contributed by atoms with van der Waals surface area (Å²) in [5.74, 6) is -0.456. The maximum atomic E-state index is 12.9. The molecular formula is C26H20F3N5O4S. The van der Waals surface area contributed by atoms with E-state index < -0.39 is 18.0 Å². The molecule has 2 N–H and O–H groups in total. The number of aromatic nitrogens is 3. The van der Waals surface area contributed by atoms with Crippen LogP contribution in [-0.4, -0.2) is 32.7 Å². The molecule has 3 aromatic heterocycles. The highest BCUT2D eigenvalue weighted by Gasteiger charge is 2.31. The standard InChI is InChI=1S/C26H20F3N5O4S/c27-26(28,29)38-20-5-3-18(4-6-20)32-24(37)21-2-1-10-31-25(21)39-16-17-7-11-30-22(14-17)33-23(36)15-34-12-8-19(35)9-13-34/h1-14H,15-16H2,(H,32,37)(H,30,33,36). The maximum Gasteiger partial charge on any atom is 0.573 e. The highest BCUT2D eigenvalue weighted by Crippen LogP contribution is 2.27. The lowest BCUT2D eigenvalue weighted by Gasteiger charge is -2.11. The molecule has 0 spiro atoms. The summed E-state index contributed by atoms with van der Waals surface area (Å²) in [4.78, 5) is 44.8. The molecule has 0 saturated carbocycles. The summed E-state index contributed by atoms with van der Waals surface area (Å²) >= 11 is 1.29. The van der Waals surface area contributed by atoms with Gasteiger partial charge in [-0.1, -0.05) is 0 Å². The minimum Gasteiger partial charge on any atom is -0.406 e. The lowest BCUT2D eigenvalue weighted by atomic mass is 10.2. The zero-order valence-electron chi connectivity index (χ0n) is 20.0. The third kappa shape index (κ3) is 8.43. The van der Waals surface area contributed by atoms with Crippen LogP contribution in [0.4, 0.5) is 24.7 Å². The van der Waals surface area contributed by atoms with Gasteiger partial charge in [0.15, 0.2) is 5.43 Å². The molecule has 200 valence electrons. The average molecular weight is 556 g/mol. The van der Waals surface area contributed by atoms with Gasteiger partial charge in [-0.05, 0) is 54.1 Å². The quantitative estimate of drug-likeness (QED) is 0.287. The van der Waals surface area contributed by atoms with Crippen LogP contribution in [0.2, 0.25) is 0 Å². The number of pyridine rings is 3. The minimum atomic E-state index is -4.81. The molecule has 39 heavy (non-hydrogen) atoms. The lowest BCUT2D eigenvalue weighted by Crippen LogP contribution is -2.20. The Morgan fingerprint density at radius 3 is 2.41 bits per heavy atom. The predicted molar refractivity (Wildman–Crippen MR) is 138 cm³/mol. The molecule has 0 aliphatic rings. The number of thioether (sulfide) groups is 1. The highest BCUT2D eigenvalue weighted by atomic mass is 32.2. The van der Waals surface area contributed by atoms with Crippen LogP contribution in [0.25, 0.3) is 0 Å². The first-order valence-electron chi connectivity index (χ1n) is 11.3. The van der Waals surface area contributed by atoms with Gasteiger partial charge in [0.25, 0.3) is 5.91 Å². The molecular weight excluding hydrogens is 535 g/mol. The molecule has 9 nitrogen and oxygen atoms in total. The van der Waals surface area contributed by atoms with Crippen molar-refractivity contribution in [2.24, 2.45) is 0 Å². The van der Waals surface area contributed by atoms with Crippen LogP contribution in [-0.2, 0) is 17.1 Å². The van der Waals surface area contributed by atoms with Gasteiger partial charge in [0.2, 0.25) is 5.91 Å². The molecule has 4 rings (SSSR count). The Kier molecular flexibility index (Phi) is 8.61. The van der Waals surface area contributed by atoms with Gasteiger partial charge in [0, 0.05) is 48.4 Å². The van der Waals surface area contributed by atoms with E-state index in [1.165, 1.54) is 54.6 Å². The number of amides is 2. The van der Waals surface area contributed by atoms with E-state index in [0.29, 0.717) is 16.6 Å². The molecule has 0 unspecified atom stereocenters. The Morgan fingerprint density at radius 2 is 1.69 bits per heavy atom. The number of hydrogen-bond donors (Lipinski definition) is 2. The molecule has 0 aliphatic heterocycles. The molecule has 0 fully saturated rings. The second kappa shape index (κ2) is 12.3. The van der Waals surface area contributed by atoms with Crippen LogP contribution >= 0.6 is 11.8 Å². The van der Waals surface area contributed by atoms with Crippen LogP contribution < -0.4 is 20.8 Å². The zero-order chi connectivity index (χ0) is 27.8. The fourth-order valence-corrected chi connectivity index (χ4v) is 4.23. The fourth-order valence-electron chi connectivity index (χ4n) is 3.30. The van der Waals surface area contributed by atoms with E-state index in [-0.39, 0.29) is 29.1 Å². The largest absolute Gasteiger partial charge is 0.573 e. The van der Waals surface area contributed by atoms with Crippen molar-refractivity contribution >= 4 is 35.1 Å². The number of ether oxygens (including phenoxy) is 1. The van der Waals surface area contributed by atoms with Gasteiger partial charge in [-0.3, -0.25) is 14.4 Å². The van der Waals surface area contributed by atoms with Crippen molar-refractivity contribution in [1.29, 1.82) is 0 Å². The van der Waals surface area contributed by atoms with Gasteiger partial charge in [-0.15, -0.1) is 24.9 Å². The first kappa shape index (κ1) is 27.4. The third-order valence-corrected chi connectivity index (χ3v) is 6.09. The molecule has 0 aliphatic carbocycles. The second-order valence-corrected chi connectivity index (χ2v) is 8.94. The number of alkyl halides is 3. The van der Waals surface area contributed by atoms with E-state index in [2.05, 4.69) is 25.3 Å². The number of rotatable bonds is 9. The van der Waals surface area contributed by atoms with E-state index in [4.69, 9.17) is 0 Å². The van der Waals surface area contributed by atoms with Crippen LogP contribution in [0.1, 0.15) is 15.9 Å². The lowest BCUT2D eigenvalue weighted by molar-refractivity contribution is -0.274. The molecule has 0 radical (unpaired) electrons. The first-order chi connectivity index (χ1) is 18.6. The van der Waals surface area contributed by atoms with Gasteiger partial charge in [-0.2, -0.15) is 0 Å². The summed E-state index contributed by atoms with van der Waals surface area (Å²) in [6.45, 7) is 0.00538. The topological polar surface area (TPSA) is 115 Å².